The number of nitrogens with zero attached hydrogens (tertiary/aromatic N) is 1. The molecule has 0 aliphatic carbocycles. The predicted octanol–water partition coefficient (Wildman–Crippen LogP) is 1.86. The maximum Gasteiger partial charge on any atom is 0.161 e. The second-order valence-electron chi connectivity index (χ2n) is 3.22. The van der Waals surface area contributed by atoms with Crippen molar-refractivity contribution in [2.75, 3.05) is 7.11 Å². The summed E-state index contributed by atoms with van der Waals surface area (Å²) < 4.78 is 10.3. The number of nitrogens with two attached hydrogens (primary N) is 1. The number of benzene rings is 1. The lowest BCUT2D eigenvalue weighted by Crippen LogP contribution is -2.03. The van der Waals surface area contributed by atoms with Crippen LogP contribution in [0.3, 0.4) is 0 Å². The Labute approximate surface area is 81.6 Å². The van der Waals surface area contributed by atoms with E-state index in [-0.39, 0.29) is 6.04 Å². The van der Waals surface area contributed by atoms with Gasteiger partial charge in [0, 0.05) is 0 Å². The summed E-state index contributed by atoms with van der Waals surface area (Å²) in [5.41, 5.74) is 6.55. The zero-order valence-electron chi connectivity index (χ0n) is 8.15. The highest BCUT2D eigenvalue weighted by Crippen LogP contribution is 2.26. The lowest BCUT2D eigenvalue weighted by Gasteiger charge is -2.01. The molecule has 0 saturated heterocycles. The molecule has 0 saturated carbocycles. The zero-order valence-corrected chi connectivity index (χ0v) is 8.15. The third kappa shape index (κ3) is 1.33. The highest BCUT2D eigenvalue weighted by Gasteiger charge is 2.12. The van der Waals surface area contributed by atoms with Crippen LogP contribution in [-0.4, -0.2) is 12.3 Å². The molecule has 14 heavy (non-hydrogen) atoms. The lowest BCUT2D eigenvalue weighted by atomic mass is 10.1. The molecule has 4 heteroatoms. The molecule has 0 bridgehead atoms. The first-order chi connectivity index (χ1) is 6.72. The number of rotatable bonds is 2. The van der Waals surface area contributed by atoms with Crippen LogP contribution in [0.25, 0.3) is 10.9 Å². The van der Waals surface area contributed by atoms with Gasteiger partial charge in [-0.3, -0.25) is 0 Å². The monoisotopic (exact) mass is 192 g/mol. The van der Waals surface area contributed by atoms with Gasteiger partial charge >= 0.3 is 0 Å². The molecule has 1 aromatic carbocycles. The van der Waals surface area contributed by atoms with E-state index >= 15 is 0 Å². The van der Waals surface area contributed by atoms with Crippen molar-refractivity contribution in [3.8, 4) is 5.75 Å². The number of fused-ring (bicyclic) bond motifs is 1. The third-order valence-electron chi connectivity index (χ3n) is 2.13. The summed E-state index contributed by atoms with van der Waals surface area (Å²) in [7, 11) is 1.63. The number of hydrogen-bond acceptors (Lipinski definition) is 4. The highest BCUT2D eigenvalue weighted by atomic mass is 16.5. The number of aromatic nitrogens is 1. The molecule has 2 rings (SSSR count). The molecule has 0 fully saturated rings. The van der Waals surface area contributed by atoms with E-state index < -0.39 is 0 Å². The van der Waals surface area contributed by atoms with E-state index in [4.69, 9.17) is 15.0 Å². The van der Waals surface area contributed by atoms with Gasteiger partial charge in [0.1, 0.15) is 11.3 Å². The molecular weight excluding hydrogens is 180 g/mol. The van der Waals surface area contributed by atoms with Gasteiger partial charge < -0.3 is 15.0 Å². The topological polar surface area (TPSA) is 61.3 Å². The van der Waals surface area contributed by atoms with Crippen molar-refractivity contribution >= 4 is 10.9 Å². The van der Waals surface area contributed by atoms with Crippen molar-refractivity contribution in [2.45, 2.75) is 13.0 Å². The van der Waals surface area contributed by atoms with Gasteiger partial charge in [-0.15, -0.1) is 0 Å². The maximum absolute atomic E-state index is 5.74. The van der Waals surface area contributed by atoms with Gasteiger partial charge in [0.25, 0.3) is 0 Å². The minimum atomic E-state index is -0.160. The van der Waals surface area contributed by atoms with Crippen molar-refractivity contribution in [1.82, 2.24) is 5.16 Å². The number of hydrogen-bond donors (Lipinski definition) is 1. The molecule has 1 aromatic heterocycles. The van der Waals surface area contributed by atoms with Gasteiger partial charge in [-0.2, -0.15) is 0 Å². The van der Waals surface area contributed by atoms with Crippen molar-refractivity contribution in [2.24, 2.45) is 5.73 Å². The summed E-state index contributed by atoms with van der Waals surface area (Å²) in [5, 5.41) is 4.82. The first-order valence-corrected chi connectivity index (χ1v) is 4.41. The Morgan fingerprint density at radius 2 is 2.29 bits per heavy atom. The predicted molar refractivity (Wildman–Crippen MR) is 53.2 cm³/mol. The number of methoxy groups -OCH3 is 1. The Kier molecular flexibility index (Phi) is 2.13. The van der Waals surface area contributed by atoms with Crippen LogP contribution >= 0.6 is 0 Å². The van der Waals surface area contributed by atoms with Crippen molar-refractivity contribution in [3.63, 3.8) is 0 Å². The summed E-state index contributed by atoms with van der Waals surface area (Å²) in [5.74, 6) is 1.47. The van der Waals surface area contributed by atoms with E-state index in [9.17, 15) is 0 Å². The molecule has 0 spiro atoms. The van der Waals surface area contributed by atoms with Crippen molar-refractivity contribution in [3.05, 3.63) is 24.0 Å². The summed E-state index contributed by atoms with van der Waals surface area (Å²) in [4.78, 5) is 0. The van der Waals surface area contributed by atoms with E-state index in [0.29, 0.717) is 5.76 Å². The Morgan fingerprint density at radius 1 is 1.50 bits per heavy atom. The first-order valence-electron chi connectivity index (χ1n) is 4.41. The average molecular weight is 192 g/mol. The molecule has 0 aliphatic heterocycles. The summed E-state index contributed by atoms with van der Waals surface area (Å²) in [6, 6.07) is 5.41. The maximum atomic E-state index is 5.74. The van der Waals surface area contributed by atoms with Crippen LogP contribution in [0, 0.1) is 0 Å². The molecule has 74 valence electrons. The first kappa shape index (κ1) is 9.02. The summed E-state index contributed by atoms with van der Waals surface area (Å²) in [6.45, 7) is 1.86. The van der Waals surface area contributed by atoms with Crippen LogP contribution in [0.2, 0.25) is 0 Å². The molecule has 0 amide bonds. The van der Waals surface area contributed by atoms with Gasteiger partial charge in [0.15, 0.2) is 5.76 Å². The fourth-order valence-electron chi connectivity index (χ4n) is 1.40. The molecule has 2 aromatic rings. The second kappa shape index (κ2) is 3.31. The fraction of sp³-hybridized carbons (Fsp3) is 0.300. The lowest BCUT2D eigenvalue weighted by molar-refractivity contribution is 0.375. The van der Waals surface area contributed by atoms with Crippen LogP contribution in [0.4, 0.5) is 0 Å². The molecule has 4 nitrogen and oxygen atoms in total. The normalized spacial score (nSPS) is 13.1. The Bertz CT molecular complexity index is 448. The third-order valence-corrected chi connectivity index (χ3v) is 2.13. The van der Waals surface area contributed by atoms with Gasteiger partial charge in [-0.1, -0.05) is 5.16 Å². The van der Waals surface area contributed by atoms with Crippen molar-refractivity contribution in [1.29, 1.82) is 0 Å². The van der Waals surface area contributed by atoms with Crippen LogP contribution in [-0.2, 0) is 0 Å². The van der Waals surface area contributed by atoms with Crippen LogP contribution in [0.1, 0.15) is 18.7 Å². The van der Waals surface area contributed by atoms with Crippen molar-refractivity contribution < 1.29 is 9.26 Å². The Hall–Kier alpha value is -1.55. The highest BCUT2D eigenvalue weighted by molar-refractivity contribution is 5.82. The van der Waals surface area contributed by atoms with Gasteiger partial charge in [0.2, 0.25) is 0 Å². The van der Waals surface area contributed by atoms with Gasteiger partial charge in [-0.05, 0) is 25.1 Å². The van der Waals surface area contributed by atoms with E-state index in [2.05, 4.69) is 5.16 Å². The minimum Gasteiger partial charge on any atom is -0.497 e. The fourth-order valence-corrected chi connectivity index (χ4v) is 1.40. The van der Waals surface area contributed by atoms with Gasteiger partial charge in [-0.25, -0.2) is 0 Å². The molecule has 0 radical (unpaired) electrons. The Morgan fingerprint density at radius 3 is 2.93 bits per heavy atom. The second-order valence-corrected chi connectivity index (χ2v) is 3.22. The molecule has 1 unspecified atom stereocenters. The van der Waals surface area contributed by atoms with E-state index in [1.165, 1.54) is 0 Å². The Balaban J connectivity index is 2.63. The van der Waals surface area contributed by atoms with E-state index in [1.807, 2.05) is 25.1 Å². The van der Waals surface area contributed by atoms with Crippen LogP contribution < -0.4 is 10.5 Å². The molecule has 2 N–H and O–H groups in total. The molecule has 0 aliphatic rings. The van der Waals surface area contributed by atoms with E-state index in [1.54, 1.807) is 7.11 Å². The number of ether oxygens (including phenoxy) is 1. The standard InChI is InChI=1S/C10H12N2O2/c1-6(11)10-8-5-7(13-2)3-4-9(8)12-14-10/h3-6H,11H2,1-2H3. The van der Waals surface area contributed by atoms with E-state index in [0.717, 1.165) is 16.7 Å². The molecule has 1 heterocycles. The van der Waals surface area contributed by atoms with Crippen LogP contribution in [0.5, 0.6) is 5.75 Å². The largest absolute Gasteiger partial charge is 0.497 e. The van der Waals surface area contributed by atoms with Gasteiger partial charge in [0.05, 0.1) is 18.5 Å². The average Bonchev–Trinajstić information content (AvgIpc) is 2.59. The molecular formula is C10H12N2O2. The zero-order chi connectivity index (χ0) is 10.1. The minimum absolute atomic E-state index is 0.160. The smallest absolute Gasteiger partial charge is 0.161 e. The molecule has 1 atom stereocenters. The SMILES string of the molecule is COc1ccc2noc(C(C)N)c2c1. The summed E-state index contributed by atoms with van der Waals surface area (Å²) in [6.07, 6.45) is 0. The van der Waals surface area contributed by atoms with Crippen LogP contribution in [0.15, 0.2) is 22.7 Å². The summed E-state index contributed by atoms with van der Waals surface area (Å²) >= 11 is 0. The quantitative estimate of drug-likeness (QED) is 0.788.